The third kappa shape index (κ3) is 3.61. The summed E-state index contributed by atoms with van der Waals surface area (Å²) >= 11 is 3.44. The molecular weight excluding hydrogens is 332 g/mol. The Labute approximate surface area is 133 Å². The van der Waals surface area contributed by atoms with Crippen molar-refractivity contribution in [2.24, 2.45) is 0 Å². The summed E-state index contributed by atoms with van der Waals surface area (Å²) in [4.78, 5) is 2.08. The minimum absolute atomic E-state index is 0.635. The fraction of sp³-hybridized carbons (Fsp3) is 0.250. The molecular formula is C16H19BrN2O2. The van der Waals surface area contributed by atoms with Gasteiger partial charge in [0.25, 0.3) is 0 Å². The number of ether oxygens (including phenoxy) is 2. The fourth-order valence-electron chi connectivity index (χ4n) is 2.16. The molecule has 2 N–H and O–H groups in total. The average molecular weight is 351 g/mol. The van der Waals surface area contributed by atoms with Crippen molar-refractivity contribution in [2.45, 2.75) is 6.54 Å². The first-order valence-electron chi connectivity index (χ1n) is 6.52. The molecule has 0 atom stereocenters. The number of anilines is 2. The van der Waals surface area contributed by atoms with Crippen molar-refractivity contribution < 1.29 is 9.47 Å². The predicted molar refractivity (Wildman–Crippen MR) is 90.2 cm³/mol. The van der Waals surface area contributed by atoms with E-state index in [4.69, 9.17) is 15.2 Å². The van der Waals surface area contributed by atoms with Crippen LogP contribution in [0.15, 0.2) is 40.9 Å². The third-order valence-electron chi connectivity index (χ3n) is 3.28. The van der Waals surface area contributed by atoms with Crippen molar-refractivity contribution in [1.29, 1.82) is 0 Å². The molecule has 0 radical (unpaired) electrons. The number of benzene rings is 2. The first-order chi connectivity index (χ1) is 10.0. The molecule has 21 heavy (non-hydrogen) atoms. The van der Waals surface area contributed by atoms with Gasteiger partial charge in [-0.25, -0.2) is 0 Å². The van der Waals surface area contributed by atoms with Gasteiger partial charge in [0.05, 0.1) is 25.6 Å². The van der Waals surface area contributed by atoms with Crippen molar-refractivity contribution >= 4 is 27.3 Å². The highest BCUT2D eigenvalue weighted by molar-refractivity contribution is 9.10. The Kier molecular flexibility index (Phi) is 4.96. The number of hydrogen-bond acceptors (Lipinski definition) is 4. The molecule has 112 valence electrons. The van der Waals surface area contributed by atoms with Gasteiger partial charge in [0, 0.05) is 30.2 Å². The number of nitrogens with two attached hydrogens (primary N) is 1. The molecule has 0 fully saturated rings. The van der Waals surface area contributed by atoms with Crippen LogP contribution in [0.25, 0.3) is 0 Å². The summed E-state index contributed by atoms with van der Waals surface area (Å²) in [5.74, 6) is 1.31. The summed E-state index contributed by atoms with van der Waals surface area (Å²) < 4.78 is 11.7. The van der Waals surface area contributed by atoms with Gasteiger partial charge in [0.1, 0.15) is 0 Å². The number of nitrogens with zero attached hydrogens (tertiary/aromatic N) is 1. The molecule has 0 spiro atoms. The summed E-state index contributed by atoms with van der Waals surface area (Å²) in [6.07, 6.45) is 0. The number of hydrogen-bond donors (Lipinski definition) is 1. The van der Waals surface area contributed by atoms with Crippen LogP contribution in [0.2, 0.25) is 0 Å². The van der Waals surface area contributed by atoms with Crippen LogP contribution in [0.5, 0.6) is 11.5 Å². The highest BCUT2D eigenvalue weighted by Crippen LogP contribution is 2.36. The predicted octanol–water partition coefficient (Wildman–Crippen LogP) is 3.68. The quantitative estimate of drug-likeness (QED) is 0.835. The van der Waals surface area contributed by atoms with Gasteiger partial charge in [-0.05, 0) is 17.7 Å². The zero-order chi connectivity index (χ0) is 15.4. The lowest BCUT2D eigenvalue weighted by Gasteiger charge is -2.23. The van der Waals surface area contributed by atoms with E-state index in [1.807, 2.05) is 25.2 Å². The SMILES string of the molecule is COc1cc(N)c(N(C)Cc2ccc(Br)cc2)cc1OC. The van der Waals surface area contributed by atoms with E-state index in [1.165, 1.54) is 5.56 Å². The Hall–Kier alpha value is -1.88. The summed E-state index contributed by atoms with van der Waals surface area (Å²) in [5.41, 5.74) is 8.89. The van der Waals surface area contributed by atoms with Crippen LogP contribution in [0.4, 0.5) is 11.4 Å². The van der Waals surface area contributed by atoms with E-state index in [2.05, 4.69) is 33.0 Å². The van der Waals surface area contributed by atoms with Gasteiger partial charge in [-0.3, -0.25) is 0 Å². The highest BCUT2D eigenvalue weighted by Gasteiger charge is 2.12. The molecule has 2 aromatic rings. The third-order valence-corrected chi connectivity index (χ3v) is 3.81. The van der Waals surface area contributed by atoms with Crippen LogP contribution in [0.1, 0.15) is 5.56 Å². The summed E-state index contributed by atoms with van der Waals surface area (Å²) in [6.45, 7) is 0.757. The molecule has 5 heteroatoms. The van der Waals surface area contributed by atoms with Crippen LogP contribution in [0.3, 0.4) is 0 Å². The fourth-order valence-corrected chi connectivity index (χ4v) is 2.43. The minimum atomic E-state index is 0.635. The second-order valence-electron chi connectivity index (χ2n) is 4.75. The van der Waals surface area contributed by atoms with Gasteiger partial charge in [-0.15, -0.1) is 0 Å². The molecule has 0 amide bonds. The lowest BCUT2D eigenvalue weighted by molar-refractivity contribution is 0.355. The lowest BCUT2D eigenvalue weighted by atomic mass is 10.2. The van der Waals surface area contributed by atoms with E-state index in [1.54, 1.807) is 20.3 Å². The van der Waals surface area contributed by atoms with Crippen molar-refractivity contribution in [3.8, 4) is 11.5 Å². The molecule has 2 rings (SSSR count). The van der Waals surface area contributed by atoms with E-state index in [0.29, 0.717) is 17.2 Å². The topological polar surface area (TPSA) is 47.7 Å². The lowest BCUT2D eigenvalue weighted by Crippen LogP contribution is -2.18. The van der Waals surface area contributed by atoms with Crippen LogP contribution >= 0.6 is 15.9 Å². The molecule has 2 aromatic carbocycles. The standard InChI is InChI=1S/C16H19BrN2O2/c1-19(10-11-4-6-12(17)7-5-11)14-9-16(21-3)15(20-2)8-13(14)18/h4-9H,10,18H2,1-3H3. The average Bonchev–Trinajstić information content (AvgIpc) is 2.49. The zero-order valence-corrected chi connectivity index (χ0v) is 14.0. The van der Waals surface area contributed by atoms with Crippen LogP contribution in [-0.2, 0) is 6.54 Å². The molecule has 0 aliphatic rings. The summed E-state index contributed by atoms with van der Waals surface area (Å²) in [6, 6.07) is 11.9. The monoisotopic (exact) mass is 350 g/mol. The number of rotatable bonds is 5. The maximum atomic E-state index is 6.11. The number of nitrogen functional groups attached to an aromatic ring is 1. The van der Waals surface area contributed by atoms with Gasteiger partial charge in [-0.1, -0.05) is 28.1 Å². The summed E-state index contributed by atoms with van der Waals surface area (Å²) in [5, 5.41) is 0. The van der Waals surface area contributed by atoms with Crippen LogP contribution < -0.4 is 20.1 Å². The van der Waals surface area contributed by atoms with E-state index >= 15 is 0 Å². The first-order valence-corrected chi connectivity index (χ1v) is 7.31. The molecule has 4 nitrogen and oxygen atoms in total. The van der Waals surface area contributed by atoms with Crippen LogP contribution in [-0.4, -0.2) is 21.3 Å². The second-order valence-corrected chi connectivity index (χ2v) is 5.66. The van der Waals surface area contributed by atoms with E-state index in [9.17, 15) is 0 Å². The van der Waals surface area contributed by atoms with Gasteiger partial charge in [0.15, 0.2) is 11.5 Å². The number of halogens is 1. The summed E-state index contributed by atoms with van der Waals surface area (Å²) in [7, 11) is 5.22. The Balaban J connectivity index is 2.26. The van der Waals surface area contributed by atoms with Crippen molar-refractivity contribution in [3.63, 3.8) is 0 Å². The van der Waals surface area contributed by atoms with Crippen molar-refractivity contribution in [1.82, 2.24) is 0 Å². The molecule has 0 bridgehead atoms. The maximum absolute atomic E-state index is 6.11. The normalized spacial score (nSPS) is 10.3. The second kappa shape index (κ2) is 6.72. The van der Waals surface area contributed by atoms with E-state index < -0.39 is 0 Å². The van der Waals surface area contributed by atoms with Crippen molar-refractivity contribution in [3.05, 3.63) is 46.4 Å². The first kappa shape index (κ1) is 15.5. The number of methoxy groups -OCH3 is 2. The van der Waals surface area contributed by atoms with Gasteiger partial charge in [-0.2, -0.15) is 0 Å². The molecule has 0 aromatic heterocycles. The smallest absolute Gasteiger partial charge is 0.162 e. The largest absolute Gasteiger partial charge is 0.493 e. The molecule has 0 aliphatic heterocycles. The molecule has 0 unspecified atom stereocenters. The Morgan fingerprint density at radius 2 is 1.62 bits per heavy atom. The molecule has 0 heterocycles. The Morgan fingerprint density at radius 1 is 1.05 bits per heavy atom. The maximum Gasteiger partial charge on any atom is 0.162 e. The zero-order valence-electron chi connectivity index (χ0n) is 12.4. The van der Waals surface area contributed by atoms with Gasteiger partial charge >= 0.3 is 0 Å². The van der Waals surface area contributed by atoms with Crippen LogP contribution in [0, 0.1) is 0 Å². The Morgan fingerprint density at radius 3 is 2.19 bits per heavy atom. The minimum Gasteiger partial charge on any atom is -0.493 e. The molecule has 0 aliphatic carbocycles. The van der Waals surface area contributed by atoms with Gasteiger partial charge in [0.2, 0.25) is 0 Å². The highest BCUT2D eigenvalue weighted by atomic mass is 79.9. The van der Waals surface area contributed by atoms with E-state index in [0.717, 1.165) is 16.7 Å². The molecule has 0 saturated carbocycles. The molecule has 0 saturated heterocycles. The van der Waals surface area contributed by atoms with Crippen molar-refractivity contribution in [2.75, 3.05) is 31.9 Å². The van der Waals surface area contributed by atoms with Gasteiger partial charge < -0.3 is 20.1 Å². The van der Waals surface area contributed by atoms with E-state index in [-0.39, 0.29) is 0 Å². The Bertz CT molecular complexity index is 614.